The van der Waals surface area contributed by atoms with E-state index in [4.69, 9.17) is 5.14 Å². The van der Waals surface area contributed by atoms with E-state index in [1.165, 1.54) is 5.56 Å². The second-order valence-corrected chi connectivity index (χ2v) is 7.61. The molecule has 0 aliphatic rings. The van der Waals surface area contributed by atoms with Gasteiger partial charge in [0, 0.05) is 24.9 Å². The standard InChI is InChI=1S/C19H21N3O2S/c1-15(17-5-3-2-4-6-17)19-21-12-14-22(19)13-11-16-7-9-18(10-8-16)25(20,23)24/h2-10,12,14-15H,11,13H2,1H3,(H2,20,23,24)/t15-/m0/s1. The van der Waals surface area contributed by atoms with Crippen molar-refractivity contribution in [3.8, 4) is 0 Å². The van der Waals surface area contributed by atoms with Crippen LogP contribution in [0.25, 0.3) is 0 Å². The summed E-state index contributed by atoms with van der Waals surface area (Å²) in [6.45, 7) is 2.93. The molecule has 0 spiro atoms. The monoisotopic (exact) mass is 355 g/mol. The quantitative estimate of drug-likeness (QED) is 0.738. The Morgan fingerprint density at radius 1 is 1.08 bits per heavy atom. The Bertz CT molecular complexity index is 932. The molecule has 0 bridgehead atoms. The number of aromatic nitrogens is 2. The highest BCUT2D eigenvalue weighted by Gasteiger charge is 2.14. The van der Waals surface area contributed by atoms with Crippen molar-refractivity contribution >= 4 is 10.0 Å². The van der Waals surface area contributed by atoms with Gasteiger partial charge >= 0.3 is 0 Å². The van der Waals surface area contributed by atoms with Gasteiger partial charge in [-0.25, -0.2) is 18.5 Å². The molecule has 1 aromatic heterocycles. The van der Waals surface area contributed by atoms with Crippen LogP contribution >= 0.6 is 0 Å². The lowest BCUT2D eigenvalue weighted by molar-refractivity contribution is 0.597. The zero-order valence-electron chi connectivity index (χ0n) is 14.0. The number of imidazole rings is 1. The third-order valence-corrected chi connectivity index (χ3v) is 5.26. The van der Waals surface area contributed by atoms with Gasteiger partial charge in [0.25, 0.3) is 0 Å². The summed E-state index contributed by atoms with van der Waals surface area (Å²) in [7, 11) is -3.64. The number of nitrogens with two attached hydrogens (primary N) is 1. The first-order valence-corrected chi connectivity index (χ1v) is 9.67. The Balaban J connectivity index is 1.72. The summed E-state index contributed by atoms with van der Waals surface area (Å²) in [5, 5.41) is 5.13. The number of rotatable bonds is 6. The average Bonchev–Trinajstić information content (AvgIpc) is 3.08. The van der Waals surface area contributed by atoms with E-state index in [9.17, 15) is 8.42 Å². The Morgan fingerprint density at radius 3 is 2.40 bits per heavy atom. The minimum atomic E-state index is -3.64. The predicted octanol–water partition coefficient (Wildman–Crippen LogP) is 2.92. The third-order valence-electron chi connectivity index (χ3n) is 4.33. The van der Waals surface area contributed by atoms with Crippen molar-refractivity contribution in [3.05, 3.63) is 83.9 Å². The van der Waals surface area contributed by atoms with Gasteiger partial charge in [-0.3, -0.25) is 0 Å². The largest absolute Gasteiger partial charge is 0.334 e. The maximum atomic E-state index is 11.3. The fourth-order valence-electron chi connectivity index (χ4n) is 2.88. The summed E-state index contributed by atoms with van der Waals surface area (Å²) in [4.78, 5) is 4.65. The lowest BCUT2D eigenvalue weighted by Gasteiger charge is -2.14. The molecule has 130 valence electrons. The number of primary sulfonamides is 1. The first-order valence-electron chi connectivity index (χ1n) is 8.13. The Morgan fingerprint density at radius 2 is 1.76 bits per heavy atom. The van der Waals surface area contributed by atoms with E-state index >= 15 is 0 Å². The molecule has 25 heavy (non-hydrogen) atoms. The first kappa shape index (κ1) is 17.4. The second-order valence-electron chi connectivity index (χ2n) is 6.05. The van der Waals surface area contributed by atoms with Crippen LogP contribution in [0.3, 0.4) is 0 Å². The lowest BCUT2D eigenvalue weighted by atomic mass is 10.0. The van der Waals surface area contributed by atoms with Crippen LogP contribution in [-0.4, -0.2) is 18.0 Å². The van der Waals surface area contributed by atoms with Crippen LogP contribution in [0.5, 0.6) is 0 Å². The summed E-state index contributed by atoms with van der Waals surface area (Å²) in [5.41, 5.74) is 2.28. The molecule has 2 N–H and O–H groups in total. The topological polar surface area (TPSA) is 78.0 Å². The van der Waals surface area contributed by atoms with Crippen molar-refractivity contribution in [3.63, 3.8) is 0 Å². The maximum Gasteiger partial charge on any atom is 0.238 e. The Labute approximate surface area is 148 Å². The van der Waals surface area contributed by atoms with Crippen molar-refractivity contribution in [2.24, 2.45) is 5.14 Å². The molecule has 1 heterocycles. The van der Waals surface area contributed by atoms with Gasteiger partial charge in [-0.15, -0.1) is 0 Å². The molecule has 0 radical (unpaired) electrons. The van der Waals surface area contributed by atoms with E-state index in [2.05, 4.69) is 28.6 Å². The summed E-state index contributed by atoms with van der Waals surface area (Å²) >= 11 is 0. The third kappa shape index (κ3) is 4.15. The molecule has 0 saturated carbocycles. The van der Waals surface area contributed by atoms with Crippen LogP contribution in [0.15, 0.2) is 71.9 Å². The molecular formula is C19H21N3O2S. The minimum absolute atomic E-state index is 0.136. The highest BCUT2D eigenvalue weighted by Crippen LogP contribution is 2.22. The molecule has 5 nitrogen and oxygen atoms in total. The van der Waals surface area contributed by atoms with E-state index in [1.807, 2.05) is 30.6 Å². The molecule has 2 aromatic carbocycles. The highest BCUT2D eigenvalue weighted by atomic mass is 32.2. The molecule has 0 unspecified atom stereocenters. The van der Waals surface area contributed by atoms with Crippen LogP contribution in [-0.2, 0) is 23.0 Å². The zero-order valence-corrected chi connectivity index (χ0v) is 14.9. The number of sulfonamides is 1. The molecular weight excluding hydrogens is 334 g/mol. The number of nitrogens with zero attached hydrogens (tertiary/aromatic N) is 2. The van der Waals surface area contributed by atoms with Gasteiger partial charge in [0.2, 0.25) is 10.0 Å². The Kier molecular flexibility index (Phi) is 5.01. The zero-order chi connectivity index (χ0) is 17.9. The lowest BCUT2D eigenvalue weighted by Crippen LogP contribution is -2.12. The number of hydrogen-bond donors (Lipinski definition) is 1. The molecule has 1 atom stereocenters. The molecule has 0 aliphatic carbocycles. The van der Waals surface area contributed by atoms with Gasteiger partial charge in [-0.2, -0.15) is 0 Å². The normalized spacial score (nSPS) is 12.9. The van der Waals surface area contributed by atoms with Crippen molar-refractivity contribution < 1.29 is 8.42 Å². The van der Waals surface area contributed by atoms with Crippen molar-refractivity contribution in [1.29, 1.82) is 0 Å². The predicted molar refractivity (Wildman–Crippen MR) is 97.7 cm³/mol. The van der Waals surface area contributed by atoms with Gasteiger partial charge in [-0.05, 0) is 29.7 Å². The van der Waals surface area contributed by atoms with Gasteiger partial charge in [0.15, 0.2) is 0 Å². The van der Waals surface area contributed by atoms with Crippen LogP contribution in [0.4, 0.5) is 0 Å². The van der Waals surface area contributed by atoms with E-state index in [0.29, 0.717) is 0 Å². The van der Waals surface area contributed by atoms with Crippen molar-refractivity contribution in [2.45, 2.75) is 30.7 Å². The van der Waals surface area contributed by atoms with Crippen molar-refractivity contribution in [1.82, 2.24) is 9.55 Å². The fourth-order valence-corrected chi connectivity index (χ4v) is 3.39. The smallest absolute Gasteiger partial charge is 0.238 e. The fraction of sp³-hybridized carbons (Fsp3) is 0.211. The first-order chi connectivity index (χ1) is 11.9. The van der Waals surface area contributed by atoms with E-state index in [-0.39, 0.29) is 10.8 Å². The highest BCUT2D eigenvalue weighted by molar-refractivity contribution is 7.89. The molecule has 0 saturated heterocycles. The second kappa shape index (κ2) is 7.21. The van der Waals surface area contributed by atoms with Crippen LogP contribution in [0, 0.1) is 0 Å². The molecule has 0 amide bonds. The van der Waals surface area contributed by atoms with Crippen LogP contribution in [0.1, 0.15) is 29.8 Å². The van der Waals surface area contributed by atoms with E-state index in [0.717, 1.165) is 24.4 Å². The molecule has 3 rings (SSSR count). The van der Waals surface area contributed by atoms with Crippen LogP contribution in [0.2, 0.25) is 0 Å². The summed E-state index contributed by atoms with van der Waals surface area (Å²) in [5.74, 6) is 1.23. The average molecular weight is 355 g/mol. The van der Waals surface area contributed by atoms with Gasteiger partial charge in [0.05, 0.1) is 4.90 Å². The Hall–Kier alpha value is -2.44. The maximum absolute atomic E-state index is 11.3. The number of hydrogen-bond acceptors (Lipinski definition) is 3. The van der Waals surface area contributed by atoms with Gasteiger partial charge in [0.1, 0.15) is 5.82 Å². The minimum Gasteiger partial charge on any atom is -0.334 e. The molecule has 3 aromatic rings. The van der Waals surface area contributed by atoms with E-state index < -0.39 is 10.0 Å². The molecule has 0 fully saturated rings. The summed E-state index contributed by atoms with van der Waals surface area (Å²) in [6.07, 6.45) is 4.59. The number of benzene rings is 2. The number of aryl methyl sites for hydroxylation is 2. The van der Waals surface area contributed by atoms with E-state index in [1.54, 1.807) is 24.3 Å². The molecule has 6 heteroatoms. The SMILES string of the molecule is C[C@@H](c1ccccc1)c1nccn1CCc1ccc(S(N)(=O)=O)cc1. The summed E-state index contributed by atoms with van der Waals surface area (Å²) < 4.78 is 24.8. The molecule has 0 aliphatic heterocycles. The van der Waals surface area contributed by atoms with Gasteiger partial charge in [-0.1, -0.05) is 49.4 Å². The summed E-state index contributed by atoms with van der Waals surface area (Å²) in [6, 6.07) is 17.0. The van der Waals surface area contributed by atoms with Crippen molar-refractivity contribution in [2.75, 3.05) is 0 Å². The van der Waals surface area contributed by atoms with Crippen LogP contribution < -0.4 is 5.14 Å². The van der Waals surface area contributed by atoms with Gasteiger partial charge < -0.3 is 4.57 Å².